The molecule has 7 heteroatoms. The SMILES string of the molecule is CCS(=O)(=O)CCOc1cc(OC)cc(C(N)=S)c1. The summed E-state index contributed by atoms with van der Waals surface area (Å²) in [7, 11) is -1.52. The van der Waals surface area contributed by atoms with Crippen molar-refractivity contribution >= 4 is 27.0 Å². The first-order chi connectivity index (χ1) is 8.88. The number of rotatable bonds is 7. The Morgan fingerprint density at radius 3 is 2.47 bits per heavy atom. The number of hydrogen-bond acceptors (Lipinski definition) is 5. The fraction of sp³-hybridized carbons (Fsp3) is 0.417. The van der Waals surface area contributed by atoms with Crippen LogP contribution in [-0.2, 0) is 9.84 Å². The van der Waals surface area contributed by atoms with Crippen molar-refractivity contribution in [3.63, 3.8) is 0 Å². The van der Waals surface area contributed by atoms with Gasteiger partial charge in [-0.05, 0) is 12.1 Å². The molecular formula is C12H17NO4S2. The molecule has 0 bridgehead atoms. The molecule has 1 aromatic rings. The lowest BCUT2D eigenvalue weighted by atomic mass is 10.2. The molecule has 0 spiro atoms. The summed E-state index contributed by atoms with van der Waals surface area (Å²) in [6.45, 7) is 1.69. The number of hydrogen-bond donors (Lipinski definition) is 1. The van der Waals surface area contributed by atoms with Crippen molar-refractivity contribution in [2.45, 2.75) is 6.92 Å². The largest absolute Gasteiger partial charge is 0.497 e. The smallest absolute Gasteiger partial charge is 0.153 e. The monoisotopic (exact) mass is 303 g/mol. The minimum absolute atomic E-state index is 0.0247. The van der Waals surface area contributed by atoms with Crippen LogP contribution in [0, 0.1) is 0 Å². The molecule has 0 heterocycles. The van der Waals surface area contributed by atoms with E-state index in [1.165, 1.54) is 7.11 Å². The minimum Gasteiger partial charge on any atom is -0.497 e. The molecule has 0 unspecified atom stereocenters. The zero-order chi connectivity index (χ0) is 14.5. The summed E-state index contributed by atoms with van der Waals surface area (Å²) < 4.78 is 33.2. The van der Waals surface area contributed by atoms with Gasteiger partial charge >= 0.3 is 0 Å². The number of methoxy groups -OCH3 is 1. The van der Waals surface area contributed by atoms with Crippen LogP contribution in [0.4, 0.5) is 0 Å². The Bertz CT molecular complexity index is 555. The van der Waals surface area contributed by atoms with E-state index in [0.29, 0.717) is 17.1 Å². The second-order valence-corrected chi connectivity index (χ2v) is 6.76. The van der Waals surface area contributed by atoms with Gasteiger partial charge in [0.25, 0.3) is 0 Å². The third-order valence-electron chi connectivity index (χ3n) is 2.50. The molecule has 5 nitrogen and oxygen atoms in total. The molecule has 19 heavy (non-hydrogen) atoms. The Kier molecular flexibility index (Phi) is 5.56. The highest BCUT2D eigenvalue weighted by atomic mass is 32.2. The molecule has 1 rings (SSSR count). The zero-order valence-corrected chi connectivity index (χ0v) is 12.5. The first-order valence-corrected chi connectivity index (χ1v) is 7.93. The summed E-state index contributed by atoms with van der Waals surface area (Å²) in [5.74, 6) is 1.11. The van der Waals surface area contributed by atoms with Crippen molar-refractivity contribution in [3.05, 3.63) is 23.8 Å². The van der Waals surface area contributed by atoms with E-state index in [2.05, 4.69) is 0 Å². The van der Waals surface area contributed by atoms with Gasteiger partial charge in [-0.15, -0.1) is 0 Å². The van der Waals surface area contributed by atoms with Gasteiger partial charge in [0.2, 0.25) is 0 Å². The molecule has 0 aliphatic carbocycles. The molecule has 0 atom stereocenters. The summed E-state index contributed by atoms with van der Waals surface area (Å²) in [6, 6.07) is 5.00. The first kappa shape index (κ1) is 15.7. The molecule has 0 amide bonds. The molecule has 106 valence electrons. The molecule has 0 saturated carbocycles. The number of benzene rings is 1. The summed E-state index contributed by atoms with van der Waals surface area (Å²) in [5, 5.41) is 0. The van der Waals surface area contributed by atoms with Crippen LogP contribution >= 0.6 is 12.2 Å². The van der Waals surface area contributed by atoms with Gasteiger partial charge in [0.05, 0.1) is 12.9 Å². The number of ether oxygens (including phenoxy) is 2. The van der Waals surface area contributed by atoms with Crippen molar-refractivity contribution in [3.8, 4) is 11.5 Å². The maximum Gasteiger partial charge on any atom is 0.153 e. The van der Waals surface area contributed by atoms with Gasteiger partial charge in [0, 0.05) is 17.4 Å². The Balaban J connectivity index is 2.78. The van der Waals surface area contributed by atoms with Gasteiger partial charge in [0.15, 0.2) is 9.84 Å². The van der Waals surface area contributed by atoms with Crippen molar-refractivity contribution in [2.75, 3.05) is 25.2 Å². The fourth-order valence-electron chi connectivity index (χ4n) is 1.35. The van der Waals surface area contributed by atoms with E-state index in [9.17, 15) is 8.42 Å². The van der Waals surface area contributed by atoms with Gasteiger partial charge < -0.3 is 15.2 Å². The summed E-state index contributed by atoms with van der Waals surface area (Å²) in [4.78, 5) is 0.227. The van der Waals surface area contributed by atoms with Gasteiger partial charge in [-0.1, -0.05) is 19.1 Å². The standard InChI is InChI=1S/C12H17NO4S2/c1-3-19(14,15)5-4-17-11-7-9(12(13)18)6-10(8-11)16-2/h6-8H,3-5H2,1-2H3,(H2,13,18). The topological polar surface area (TPSA) is 78.6 Å². The van der Waals surface area contributed by atoms with Gasteiger partial charge in [-0.2, -0.15) is 0 Å². The summed E-state index contributed by atoms with van der Waals surface area (Å²) in [6.07, 6.45) is 0. The summed E-state index contributed by atoms with van der Waals surface area (Å²) >= 11 is 4.89. The van der Waals surface area contributed by atoms with E-state index < -0.39 is 9.84 Å². The lowest BCUT2D eigenvalue weighted by molar-refractivity contribution is 0.337. The highest BCUT2D eigenvalue weighted by Gasteiger charge is 2.09. The van der Waals surface area contributed by atoms with E-state index in [1.807, 2.05) is 0 Å². The molecule has 0 fully saturated rings. The van der Waals surface area contributed by atoms with Gasteiger partial charge in [-0.25, -0.2) is 8.42 Å². The van der Waals surface area contributed by atoms with Gasteiger partial charge in [-0.3, -0.25) is 0 Å². The van der Waals surface area contributed by atoms with Crippen LogP contribution in [0.25, 0.3) is 0 Å². The van der Waals surface area contributed by atoms with Crippen LogP contribution in [0.5, 0.6) is 11.5 Å². The normalized spacial score (nSPS) is 11.1. The van der Waals surface area contributed by atoms with Crippen LogP contribution in [0.3, 0.4) is 0 Å². The Hall–Kier alpha value is -1.34. The van der Waals surface area contributed by atoms with E-state index in [0.717, 1.165) is 0 Å². The molecule has 0 aromatic heterocycles. The van der Waals surface area contributed by atoms with Crippen molar-refractivity contribution in [1.82, 2.24) is 0 Å². The van der Waals surface area contributed by atoms with Gasteiger partial charge in [0.1, 0.15) is 23.1 Å². The Morgan fingerprint density at radius 1 is 1.32 bits per heavy atom. The highest BCUT2D eigenvalue weighted by Crippen LogP contribution is 2.22. The van der Waals surface area contributed by atoms with E-state index >= 15 is 0 Å². The quantitative estimate of drug-likeness (QED) is 0.761. The highest BCUT2D eigenvalue weighted by molar-refractivity contribution is 7.91. The molecule has 0 saturated heterocycles. The second kappa shape index (κ2) is 6.72. The van der Waals surface area contributed by atoms with Crippen LogP contribution in [0.1, 0.15) is 12.5 Å². The Labute approximate surface area is 118 Å². The fourth-order valence-corrected chi connectivity index (χ4v) is 2.09. The van der Waals surface area contributed by atoms with E-state index in [-0.39, 0.29) is 23.1 Å². The second-order valence-electron chi connectivity index (χ2n) is 3.85. The molecule has 0 radical (unpaired) electrons. The molecular weight excluding hydrogens is 286 g/mol. The average Bonchev–Trinajstić information content (AvgIpc) is 2.38. The molecule has 1 aromatic carbocycles. The number of nitrogens with two attached hydrogens (primary N) is 1. The number of thiocarbonyl (C=S) groups is 1. The first-order valence-electron chi connectivity index (χ1n) is 5.70. The van der Waals surface area contributed by atoms with Crippen molar-refractivity contribution < 1.29 is 17.9 Å². The van der Waals surface area contributed by atoms with E-state index in [4.69, 9.17) is 27.4 Å². The predicted octanol–water partition coefficient (Wildman–Crippen LogP) is 1.14. The minimum atomic E-state index is -3.04. The van der Waals surface area contributed by atoms with Crippen LogP contribution in [-0.4, -0.2) is 38.6 Å². The Morgan fingerprint density at radius 2 is 1.95 bits per heavy atom. The lowest BCUT2D eigenvalue weighted by Gasteiger charge is -2.10. The van der Waals surface area contributed by atoms with Crippen LogP contribution < -0.4 is 15.2 Å². The maximum absolute atomic E-state index is 11.3. The zero-order valence-electron chi connectivity index (χ0n) is 10.9. The lowest BCUT2D eigenvalue weighted by Crippen LogP contribution is -2.16. The molecule has 2 N–H and O–H groups in total. The number of sulfone groups is 1. The maximum atomic E-state index is 11.3. The average molecular weight is 303 g/mol. The van der Waals surface area contributed by atoms with Crippen molar-refractivity contribution in [1.29, 1.82) is 0 Å². The van der Waals surface area contributed by atoms with Crippen LogP contribution in [0.15, 0.2) is 18.2 Å². The predicted molar refractivity (Wildman–Crippen MR) is 78.7 cm³/mol. The molecule has 0 aliphatic rings. The van der Waals surface area contributed by atoms with Crippen molar-refractivity contribution in [2.24, 2.45) is 5.73 Å². The third kappa shape index (κ3) is 5.04. The summed E-state index contributed by atoms with van der Waals surface area (Å²) in [5.41, 5.74) is 6.16. The van der Waals surface area contributed by atoms with Crippen LogP contribution in [0.2, 0.25) is 0 Å². The molecule has 0 aliphatic heterocycles. The van der Waals surface area contributed by atoms with E-state index in [1.54, 1.807) is 25.1 Å². The third-order valence-corrected chi connectivity index (χ3v) is 4.41.